The predicted molar refractivity (Wildman–Crippen MR) is 90.4 cm³/mol. The van der Waals surface area contributed by atoms with Gasteiger partial charge in [-0.15, -0.1) is 0 Å². The van der Waals surface area contributed by atoms with E-state index >= 15 is 0 Å². The number of anilines is 1. The second-order valence-electron chi connectivity index (χ2n) is 5.57. The van der Waals surface area contributed by atoms with E-state index in [9.17, 15) is 4.79 Å². The summed E-state index contributed by atoms with van der Waals surface area (Å²) < 4.78 is 5.30. The fourth-order valence-electron chi connectivity index (χ4n) is 2.49. The average molecular weight is 304 g/mol. The molecule has 3 rings (SSSR count). The normalized spacial score (nSPS) is 10.5. The maximum atomic E-state index is 11.8. The molecule has 3 aromatic rings. The summed E-state index contributed by atoms with van der Waals surface area (Å²) in [7, 11) is 0. The molecule has 0 bridgehead atoms. The number of nitriles is 1. The molecule has 0 amide bonds. The van der Waals surface area contributed by atoms with Gasteiger partial charge in [-0.05, 0) is 66.9 Å². The molecule has 0 spiro atoms. The van der Waals surface area contributed by atoms with Crippen molar-refractivity contribution in [2.75, 3.05) is 5.32 Å². The number of rotatable bonds is 3. The fraction of sp³-hybridized carbons (Fsp3) is 0.158. The van der Waals surface area contributed by atoms with Crippen LogP contribution in [0.3, 0.4) is 0 Å². The second kappa shape index (κ2) is 5.98. The Hall–Kier alpha value is -3.06. The Morgan fingerprint density at radius 2 is 1.78 bits per heavy atom. The lowest BCUT2D eigenvalue weighted by atomic mass is 10.0. The highest BCUT2D eigenvalue weighted by atomic mass is 16.4. The van der Waals surface area contributed by atoms with Crippen molar-refractivity contribution in [1.82, 2.24) is 0 Å². The minimum Gasteiger partial charge on any atom is -0.423 e. The third-order valence-electron chi connectivity index (χ3n) is 3.94. The minimum atomic E-state index is -0.350. The molecule has 0 aliphatic rings. The van der Waals surface area contributed by atoms with Crippen LogP contribution in [0.25, 0.3) is 11.0 Å². The van der Waals surface area contributed by atoms with Gasteiger partial charge in [0.1, 0.15) is 5.58 Å². The Morgan fingerprint density at radius 1 is 1.09 bits per heavy atom. The molecule has 23 heavy (non-hydrogen) atoms. The van der Waals surface area contributed by atoms with Crippen LogP contribution in [0.5, 0.6) is 0 Å². The SMILES string of the molecule is Cc1cc2oc(=O)cc(CNc3ccc(C#N)cc3)c2cc1C. The lowest BCUT2D eigenvalue weighted by Crippen LogP contribution is -2.06. The lowest BCUT2D eigenvalue weighted by Gasteiger charge is -2.10. The number of nitrogens with one attached hydrogen (secondary N) is 1. The molecule has 1 N–H and O–H groups in total. The monoisotopic (exact) mass is 304 g/mol. The van der Waals surface area contributed by atoms with Crippen LogP contribution in [0, 0.1) is 25.2 Å². The fourth-order valence-corrected chi connectivity index (χ4v) is 2.49. The number of hydrogen-bond acceptors (Lipinski definition) is 4. The zero-order valence-corrected chi connectivity index (χ0v) is 13.0. The molecule has 0 fully saturated rings. The van der Waals surface area contributed by atoms with Gasteiger partial charge in [-0.25, -0.2) is 4.79 Å². The molecule has 2 aromatic carbocycles. The van der Waals surface area contributed by atoms with Gasteiger partial charge >= 0.3 is 5.63 Å². The van der Waals surface area contributed by atoms with Crippen molar-refractivity contribution in [3.63, 3.8) is 0 Å². The van der Waals surface area contributed by atoms with E-state index in [4.69, 9.17) is 9.68 Å². The highest BCUT2D eigenvalue weighted by Crippen LogP contribution is 2.22. The summed E-state index contributed by atoms with van der Waals surface area (Å²) in [6, 6.07) is 14.8. The third kappa shape index (κ3) is 3.09. The van der Waals surface area contributed by atoms with Crippen LogP contribution in [0.1, 0.15) is 22.3 Å². The smallest absolute Gasteiger partial charge is 0.336 e. The van der Waals surface area contributed by atoms with Crippen molar-refractivity contribution in [2.45, 2.75) is 20.4 Å². The van der Waals surface area contributed by atoms with Crippen molar-refractivity contribution in [3.8, 4) is 6.07 Å². The first kappa shape index (κ1) is 14.9. The summed E-state index contributed by atoms with van der Waals surface area (Å²) in [5, 5.41) is 13.0. The highest BCUT2D eigenvalue weighted by Gasteiger charge is 2.08. The number of nitrogens with zero attached hydrogens (tertiary/aromatic N) is 1. The summed E-state index contributed by atoms with van der Waals surface area (Å²) in [4.78, 5) is 11.8. The second-order valence-corrected chi connectivity index (χ2v) is 5.57. The van der Waals surface area contributed by atoms with E-state index in [1.54, 1.807) is 12.1 Å². The number of hydrogen-bond donors (Lipinski definition) is 1. The molecule has 0 aliphatic carbocycles. The molecule has 0 saturated carbocycles. The summed E-state index contributed by atoms with van der Waals surface area (Å²) in [6.07, 6.45) is 0. The summed E-state index contributed by atoms with van der Waals surface area (Å²) in [5.74, 6) is 0. The van der Waals surface area contributed by atoms with E-state index < -0.39 is 0 Å². The summed E-state index contributed by atoms with van der Waals surface area (Å²) >= 11 is 0. The van der Waals surface area contributed by atoms with Crippen LogP contribution in [-0.2, 0) is 6.54 Å². The molecule has 0 saturated heterocycles. The van der Waals surface area contributed by atoms with Crippen LogP contribution in [0.15, 0.2) is 51.7 Å². The van der Waals surface area contributed by atoms with E-state index in [2.05, 4.69) is 11.4 Å². The predicted octanol–water partition coefficient (Wildman–Crippen LogP) is 3.89. The van der Waals surface area contributed by atoms with Gasteiger partial charge in [-0.1, -0.05) is 0 Å². The highest BCUT2D eigenvalue weighted by molar-refractivity contribution is 5.82. The van der Waals surface area contributed by atoms with Gasteiger partial charge in [0, 0.05) is 23.7 Å². The van der Waals surface area contributed by atoms with Gasteiger partial charge in [0.05, 0.1) is 11.6 Å². The van der Waals surface area contributed by atoms with Crippen LogP contribution < -0.4 is 10.9 Å². The Morgan fingerprint density at radius 3 is 2.48 bits per heavy atom. The van der Waals surface area contributed by atoms with Gasteiger partial charge in [0.2, 0.25) is 0 Å². The molecule has 0 aliphatic heterocycles. The molecule has 114 valence electrons. The molecule has 0 unspecified atom stereocenters. The molecule has 1 aromatic heterocycles. The van der Waals surface area contributed by atoms with Gasteiger partial charge in [0.15, 0.2) is 0 Å². The van der Waals surface area contributed by atoms with Gasteiger partial charge in [-0.3, -0.25) is 0 Å². The minimum absolute atomic E-state index is 0.350. The Bertz CT molecular complexity index is 964. The molecular weight excluding hydrogens is 288 g/mol. The Labute approximate surface area is 134 Å². The van der Waals surface area contributed by atoms with Crippen molar-refractivity contribution < 1.29 is 4.42 Å². The van der Waals surface area contributed by atoms with E-state index in [1.165, 1.54) is 6.07 Å². The van der Waals surface area contributed by atoms with E-state index in [0.29, 0.717) is 17.7 Å². The Balaban J connectivity index is 1.94. The summed E-state index contributed by atoms with van der Waals surface area (Å²) in [5.41, 5.74) is 4.92. The molecule has 4 nitrogen and oxygen atoms in total. The maximum Gasteiger partial charge on any atom is 0.336 e. The third-order valence-corrected chi connectivity index (χ3v) is 3.94. The number of benzene rings is 2. The molecule has 0 atom stereocenters. The molecule has 1 heterocycles. The maximum absolute atomic E-state index is 11.8. The van der Waals surface area contributed by atoms with Crippen LogP contribution >= 0.6 is 0 Å². The average Bonchev–Trinajstić information content (AvgIpc) is 2.55. The first-order chi connectivity index (χ1) is 11.1. The zero-order chi connectivity index (χ0) is 16.4. The largest absolute Gasteiger partial charge is 0.423 e. The van der Waals surface area contributed by atoms with E-state index in [1.807, 2.05) is 38.1 Å². The van der Waals surface area contributed by atoms with Crippen LogP contribution in [0.4, 0.5) is 5.69 Å². The molecular formula is C19H16N2O2. The number of fused-ring (bicyclic) bond motifs is 1. The van der Waals surface area contributed by atoms with Crippen LogP contribution in [0.2, 0.25) is 0 Å². The first-order valence-electron chi connectivity index (χ1n) is 7.35. The van der Waals surface area contributed by atoms with E-state index in [-0.39, 0.29) is 5.63 Å². The van der Waals surface area contributed by atoms with Crippen molar-refractivity contribution in [2.24, 2.45) is 0 Å². The first-order valence-corrected chi connectivity index (χ1v) is 7.35. The van der Waals surface area contributed by atoms with Gasteiger partial charge in [0.25, 0.3) is 0 Å². The lowest BCUT2D eigenvalue weighted by molar-refractivity contribution is 0.559. The van der Waals surface area contributed by atoms with Gasteiger partial charge in [-0.2, -0.15) is 5.26 Å². The summed E-state index contributed by atoms with van der Waals surface area (Å²) in [6.45, 7) is 4.55. The Kier molecular flexibility index (Phi) is 3.86. The number of aryl methyl sites for hydroxylation is 2. The van der Waals surface area contributed by atoms with Crippen molar-refractivity contribution in [3.05, 3.63) is 75.1 Å². The van der Waals surface area contributed by atoms with Crippen molar-refractivity contribution in [1.29, 1.82) is 5.26 Å². The zero-order valence-electron chi connectivity index (χ0n) is 13.0. The quantitative estimate of drug-likeness (QED) is 0.745. The topological polar surface area (TPSA) is 66.0 Å². The van der Waals surface area contributed by atoms with Crippen molar-refractivity contribution >= 4 is 16.7 Å². The molecule has 4 heteroatoms. The van der Waals surface area contributed by atoms with Gasteiger partial charge < -0.3 is 9.73 Å². The standard InChI is InChI=1S/C19H16N2O2/c1-12-7-17-15(9-19(22)23-18(17)8-13(12)2)11-21-16-5-3-14(10-20)4-6-16/h3-9,21H,11H2,1-2H3. The molecule has 0 radical (unpaired) electrons. The van der Waals surface area contributed by atoms with E-state index in [0.717, 1.165) is 27.8 Å². The van der Waals surface area contributed by atoms with Crippen LogP contribution in [-0.4, -0.2) is 0 Å².